The van der Waals surface area contributed by atoms with Gasteiger partial charge in [-0.2, -0.15) is 0 Å². The van der Waals surface area contributed by atoms with Gasteiger partial charge in [0.2, 0.25) is 0 Å². The average Bonchev–Trinajstić information content (AvgIpc) is 2.72. The predicted octanol–water partition coefficient (Wildman–Crippen LogP) is 7.36. The van der Waals surface area contributed by atoms with Crippen molar-refractivity contribution in [2.24, 2.45) is 11.3 Å². The van der Waals surface area contributed by atoms with E-state index in [2.05, 4.69) is 46.0 Å². The van der Waals surface area contributed by atoms with Crippen LogP contribution >= 0.6 is 0 Å². The standard InChI is InChI=1S/C27H34N2O4/c1-17(2)24-20-11-14-23-26(3,4)15-6-16-27(23,5)21(20)12-13-22(24)33-25(30)28-18-7-9-19(10-8-18)29(31)32/h7-10,12-13,17,23H,6,11,14-16H2,1-5H3,(H,28,30)/t23?,27-/m1/s1. The van der Waals surface area contributed by atoms with Crippen LogP contribution in [0.1, 0.15) is 82.9 Å². The van der Waals surface area contributed by atoms with Crippen molar-refractivity contribution in [1.29, 1.82) is 0 Å². The van der Waals surface area contributed by atoms with E-state index in [0.717, 1.165) is 18.4 Å². The normalized spacial score (nSPS) is 23.4. The lowest BCUT2D eigenvalue weighted by Crippen LogP contribution is -2.48. The third-order valence-electron chi connectivity index (χ3n) is 7.95. The molecule has 0 heterocycles. The number of hydrogen-bond donors (Lipinski definition) is 1. The smallest absolute Gasteiger partial charge is 0.410 e. The highest BCUT2D eigenvalue weighted by Crippen LogP contribution is 2.58. The summed E-state index contributed by atoms with van der Waals surface area (Å²) in [6.07, 6.45) is 5.30. The first-order chi connectivity index (χ1) is 15.5. The van der Waals surface area contributed by atoms with E-state index in [9.17, 15) is 14.9 Å². The maximum atomic E-state index is 12.7. The van der Waals surface area contributed by atoms with Gasteiger partial charge in [-0.1, -0.05) is 47.1 Å². The summed E-state index contributed by atoms with van der Waals surface area (Å²) in [5.41, 5.74) is 4.81. The molecule has 0 bridgehead atoms. The Hall–Kier alpha value is -2.89. The van der Waals surface area contributed by atoms with Gasteiger partial charge in [0.25, 0.3) is 5.69 Å². The summed E-state index contributed by atoms with van der Waals surface area (Å²) in [5.74, 6) is 1.47. The largest absolute Gasteiger partial charge is 0.417 e. The van der Waals surface area contributed by atoms with E-state index < -0.39 is 11.0 Å². The minimum absolute atomic E-state index is 0.0246. The number of anilines is 1. The molecule has 4 rings (SSSR count). The second-order valence-electron chi connectivity index (χ2n) is 10.8. The second kappa shape index (κ2) is 8.47. The fourth-order valence-electron chi connectivity index (χ4n) is 6.52. The molecule has 0 aromatic heterocycles. The SMILES string of the molecule is CC(C)c1c(OC(=O)Nc2ccc([N+](=O)[O-])cc2)ccc2c1CCC1C(C)(C)CCC[C@]21C. The number of nitro groups is 1. The first kappa shape index (κ1) is 23.3. The third kappa shape index (κ3) is 4.23. The van der Waals surface area contributed by atoms with E-state index in [4.69, 9.17) is 4.74 Å². The topological polar surface area (TPSA) is 81.5 Å². The van der Waals surface area contributed by atoms with Crippen LogP contribution in [0.5, 0.6) is 5.75 Å². The van der Waals surface area contributed by atoms with Crippen molar-refractivity contribution in [1.82, 2.24) is 0 Å². The Morgan fingerprint density at radius 2 is 1.82 bits per heavy atom. The molecule has 1 N–H and O–H groups in total. The van der Waals surface area contributed by atoms with Crippen LogP contribution < -0.4 is 10.1 Å². The molecular weight excluding hydrogens is 416 g/mol. The molecule has 0 saturated heterocycles. The van der Waals surface area contributed by atoms with Gasteiger partial charge >= 0.3 is 6.09 Å². The zero-order valence-corrected chi connectivity index (χ0v) is 20.2. The Morgan fingerprint density at radius 3 is 2.45 bits per heavy atom. The van der Waals surface area contributed by atoms with Crippen LogP contribution in [0.4, 0.5) is 16.2 Å². The Kier molecular flexibility index (Phi) is 5.97. The fraction of sp³-hybridized carbons (Fsp3) is 0.519. The molecule has 0 aliphatic heterocycles. The van der Waals surface area contributed by atoms with Crippen LogP contribution in [-0.4, -0.2) is 11.0 Å². The van der Waals surface area contributed by atoms with Gasteiger partial charge < -0.3 is 4.74 Å². The molecule has 1 fully saturated rings. The lowest BCUT2D eigenvalue weighted by atomic mass is 9.50. The maximum Gasteiger partial charge on any atom is 0.417 e. The Morgan fingerprint density at radius 1 is 1.12 bits per heavy atom. The number of ether oxygens (including phenoxy) is 1. The molecule has 176 valence electrons. The van der Waals surface area contributed by atoms with Crippen molar-refractivity contribution in [3.05, 3.63) is 63.2 Å². The monoisotopic (exact) mass is 450 g/mol. The molecule has 1 saturated carbocycles. The Bertz CT molecular complexity index is 1070. The van der Waals surface area contributed by atoms with Gasteiger partial charge in [-0.25, -0.2) is 4.79 Å². The highest BCUT2D eigenvalue weighted by atomic mass is 16.6. The number of amides is 1. The summed E-state index contributed by atoms with van der Waals surface area (Å²) in [6.45, 7) is 11.6. The van der Waals surface area contributed by atoms with Gasteiger partial charge in [0.15, 0.2) is 0 Å². The van der Waals surface area contributed by atoms with Crippen LogP contribution in [0.15, 0.2) is 36.4 Å². The Labute approximate surface area is 195 Å². The minimum atomic E-state index is -0.593. The molecule has 1 amide bonds. The minimum Gasteiger partial charge on any atom is -0.410 e. The number of nitrogens with zero attached hydrogens (tertiary/aromatic N) is 1. The van der Waals surface area contributed by atoms with E-state index >= 15 is 0 Å². The number of fused-ring (bicyclic) bond motifs is 3. The van der Waals surface area contributed by atoms with Gasteiger partial charge in [-0.3, -0.25) is 15.4 Å². The van der Waals surface area contributed by atoms with E-state index in [0.29, 0.717) is 22.8 Å². The van der Waals surface area contributed by atoms with E-state index in [1.807, 2.05) is 6.07 Å². The van der Waals surface area contributed by atoms with Gasteiger partial charge in [-0.05, 0) is 77.7 Å². The molecule has 33 heavy (non-hydrogen) atoms. The van der Waals surface area contributed by atoms with Crippen molar-refractivity contribution >= 4 is 17.5 Å². The first-order valence-corrected chi connectivity index (χ1v) is 11.9. The fourth-order valence-corrected chi connectivity index (χ4v) is 6.52. The number of carbonyl (C=O) groups excluding carboxylic acids is 1. The first-order valence-electron chi connectivity index (χ1n) is 11.9. The van der Waals surface area contributed by atoms with Crippen molar-refractivity contribution in [2.45, 2.75) is 78.1 Å². The molecule has 2 atom stereocenters. The lowest BCUT2D eigenvalue weighted by Gasteiger charge is -2.54. The Balaban J connectivity index is 1.62. The number of nitrogens with one attached hydrogen (secondary N) is 1. The van der Waals surface area contributed by atoms with Crippen LogP contribution in [-0.2, 0) is 11.8 Å². The number of rotatable bonds is 4. The molecule has 2 aliphatic rings. The van der Waals surface area contributed by atoms with Gasteiger partial charge in [0.1, 0.15) is 5.75 Å². The number of nitro benzene ring substituents is 1. The highest BCUT2D eigenvalue weighted by Gasteiger charge is 2.50. The third-order valence-corrected chi connectivity index (χ3v) is 7.95. The molecule has 6 nitrogen and oxygen atoms in total. The zero-order valence-electron chi connectivity index (χ0n) is 20.2. The number of carbonyl (C=O) groups is 1. The quantitative estimate of drug-likeness (QED) is 0.390. The average molecular weight is 451 g/mol. The van der Waals surface area contributed by atoms with Crippen molar-refractivity contribution in [2.75, 3.05) is 5.32 Å². The summed E-state index contributed by atoms with van der Waals surface area (Å²) in [4.78, 5) is 23.0. The molecule has 0 spiro atoms. The van der Waals surface area contributed by atoms with Gasteiger partial charge in [0, 0.05) is 23.4 Å². The maximum absolute atomic E-state index is 12.7. The lowest BCUT2D eigenvalue weighted by molar-refractivity contribution is -0.384. The van der Waals surface area contributed by atoms with Crippen molar-refractivity contribution < 1.29 is 14.5 Å². The summed E-state index contributed by atoms with van der Waals surface area (Å²) < 4.78 is 5.78. The van der Waals surface area contributed by atoms with Crippen LogP contribution in [0, 0.1) is 21.4 Å². The van der Waals surface area contributed by atoms with Crippen LogP contribution in [0.3, 0.4) is 0 Å². The predicted molar refractivity (Wildman–Crippen MR) is 130 cm³/mol. The molecule has 1 unspecified atom stereocenters. The van der Waals surface area contributed by atoms with Crippen molar-refractivity contribution in [3.63, 3.8) is 0 Å². The summed E-state index contributed by atoms with van der Waals surface area (Å²) in [7, 11) is 0. The van der Waals surface area contributed by atoms with E-state index in [1.165, 1.54) is 54.7 Å². The van der Waals surface area contributed by atoms with Crippen molar-refractivity contribution in [3.8, 4) is 5.75 Å². The second-order valence-corrected chi connectivity index (χ2v) is 10.8. The molecule has 2 aromatic rings. The number of benzene rings is 2. The van der Waals surface area contributed by atoms with Gasteiger partial charge in [0.05, 0.1) is 4.92 Å². The summed E-state index contributed by atoms with van der Waals surface area (Å²) in [6, 6.07) is 9.86. The number of hydrogen-bond acceptors (Lipinski definition) is 4. The zero-order chi connectivity index (χ0) is 24.0. The summed E-state index contributed by atoms with van der Waals surface area (Å²) in [5, 5.41) is 13.5. The van der Waals surface area contributed by atoms with Crippen LogP contribution in [0.2, 0.25) is 0 Å². The molecule has 2 aromatic carbocycles. The van der Waals surface area contributed by atoms with E-state index in [-0.39, 0.29) is 17.0 Å². The molecular formula is C27H34N2O4. The number of non-ortho nitro benzene ring substituents is 1. The van der Waals surface area contributed by atoms with Crippen LogP contribution in [0.25, 0.3) is 0 Å². The molecule has 0 radical (unpaired) electrons. The highest BCUT2D eigenvalue weighted by molar-refractivity contribution is 5.86. The summed E-state index contributed by atoms with van der Waals surface area (Å²) >= 11 is 0. The van der Waals surface area contributed by atoms with E-state index in [1.54, 1.807) is 0 Å². The molecule has 6 heteroatoms. The van der Waals surface area contributed by atoms with Gasteiger partial charge in [-0.15, -0.1) is 0 Å². The molecule has 2 aliphatic carbocycles.